The number of methoxy groups -OCH3 is 1. The molecule has 0 aliphatic heterocycles. The number of benzene rings is 2. The van der Waals surface area contributed by atoms with E-state index in [1.165, 1.54) is 0 Å². The van der Waals surface area contributed by atoms with E-state index in [1.807, 2.05) is 78.4 Å². The Morgan fingerprint density at radius 2 is 1.86 bits per heavy atom. The number of aromatic hydroxyl groups is 1. The van der Waals surface area contributed by atoms with Crippen LogP contribution in [0.4, 0.5) is 0 Å². The molecule has 0 saturated heterocycles. The second kappa shape index (κ2) is 11.6. The average molecular weight is 492 g/mol. The maximum Gasteiger partial charge on any atom is 0.289 e. The van der Waals surface area contributed by atoms with Crippen molar-refractivity contribution < 1.29 is 14.6 Å². The molecule has 0 aliphatic rings. The Kier molecular flexibility index (Phi) is 8.74. The number of nitrogens with one attached hydrogen (secondary N) is 1. The molecule has 192 valence electrons. The van der Waals surface area contributed by atoms with Crippen molar-refractivity contribution in [2.45, 2.75) is 59.2 Å². The van der Waals surface area contributed by atoms with Crippen LogP contribution in [0.5, 0.6) is 11.5 Å². The van der Waals surface area contributed by atoms with Crippen LogP contribution in [0, 0.1) is 13.3 Å². The minimum atomic E-state index is -0.344. The lowest BCUT2D eigenvalue weighted by molar-refractivity contribution is 0.0930. The third-order valence-electron chi connectivity index (χ3n) is 6.07. The summed E-state index contributed by atoms with van der Waals surface area (Å²) in [5.41, 5.74) is 3.21. The fourth-order valence-electron chi connectivity index (χ4n) is 3.98. The fourth-order valence-corrected chi connectivity index (χ4v) is 3.98. The van der Waals surface area contributed by atoms with Crippen molar-refractivity contribution in [2.24, 2.45) is 0 Å². The van der Waals surface area contributed by atoms with Crippen LogP contribution in [-0.2, 0) is 6.54 Å². The summed E-state index contributed by atoms with van der Waals surface area (Å²) in [4.78, 5) is 15.2. The first-order chi connectivity index (χ1) is 17.1. The van der Waals surface area contributed by atoms with E-state index in [4.69, 9.17) is 4.74 Å². The lowest BCUT2D eigenvalue weighted by Crippen LogP contribution is -2.32. The third kappa shape index (κ3) is 5.87. The highest BCUT2D eigenvalue weighted by Crippen LogP contribution is 2.38. The highest BCUT2D eigenvalue weighted by atomic mass is 16.5. The molecule has 0 saturated carbocycles. The molecule has 8 nitrogen and oxygen atoms in total. The van der Waals surface area contributed by atoms with Gasteiger partial charge in [0, 0.05) is 30.4 Å². The number of carbonyl (C=O) groups is 1. The number of phenolic OH excluding ortho intramolecular Hbond substituents is 1. The zero-order valence-electron chi connectivity index (χ0n) is 22.2. The maximum absolute atomic E-state index is 13.0. The van der Waals surface area contributed by atoms with Crippen LogP contribution >= 0.6 is 0 Å². The van der Waals surface area contributed by atoms with Crippen molar-refractivity contribution in [3.8, 4) is 28.6 Å². The van der Waals surface area contributed by atoms with Gasteiger partial charge in [0.15, 0.2) is 5.82 Å². The highest BCUT2D eigenvalue weighted by molar-refractivity contribution is 5.92. The fraction of sp³-hybridized carbons (Fsp3) is 0.393. The number of rotatable bonds is 10. The molecule has 2 radical (unpaired) electrons. The van der Waals surface area contributed by atoms with Crippen molar-refractivity contribution in [1.29, 1.82) is 0 Å². The highest BCUT2D eigenvalue weighted by Gasteiger charge is 2.25. The number of hydrogen-bond acceptors (Lipinski definition) is 6. The number of ether oxygens (including phenoxy) is 1. The SMILES string of the molecule is [CH2]C([CH]C)N(C)Cc1ccc(-n2c(C(=O)NC(C)C)nnc2-c2cc(C(C)C)c(OC)cc2O)cc1. The zero-order chi connectivity index (χ0) is 26.6. The molecule has 0 spiro atoms. The van der Waals surface area contributed by atoms with E-state index in [0.717, 1.165) is 17.7 Å². The second-order valence-corrected chi connectivity index (χ2v) is 9.56. The third-order valence-corrected chi connectivity index (χ3v) is 6.07. The Hall–Kier alpha value is -3.39. The van der Waals surface area contributed by atoms with Crippen LogP contribution in [0.25, 0.3) is 17.1 Å². The predicted octanol–water partition coefficient (Wildman–Crippen LogP) is 4.77. The van der Waals surface area contributed by atoms with Gasteiger partial charge in [0.25, 0.3) is 5.91 Å². The average Bonchev–Trinajstić information content (AvgIpc) is 3.28. The number of hydrogen-bond donors (Lipinski definition) is 2. The van der Waals surface area contributed by atoms with E-state index in [9.17, 15) is 9.90 Å². The van der Waals surface area contributed by atoms with E-state index in [0.29, 0.717) is 22.8 Å². The van der Waals surface area contributed by atoms with Gasteiger partial charge in [-0.3, -0.25) is 14.3 Å². The van der Waals surface area contributed by atoms with E-state index < -0.39 is 0 Å². The Bertz CT molecular complexity index is 1180. The number of phenols is 1. The molecule has 36 heavy (non-hydrogen) atoms. The molecule has 1 unspecified atom stereocenters. The van der Waals surface area contributed by atoms with Crippen LogP contribution < -0.4 is 10.1 Å². The normalized spacial score (nSPS) is 12.4. The van der Waals surface area contributed by atoms with Gasteiger partial charge in [-0.15, -0.1) is 10.2 Å². The molecule has 3 aromatic rings. The molecule has 2 aromatic carbocycles. The van der Waals surface area contributed by atoms with Gasteiger partial charge in [-0.1, -0.05) is 32.9 Å². The summed E-state index contributed by atoms with van der Waals surface area (Å²) in [5.74, 6) is 0.904. The molecule has 1 amide bonds. The van der Waals surface area contributed by atoms with Crippen molar-refractivity contribution in [1.82, 2.24) is 25.0 Å². The zero-order valence-corrected chi connectivity index (χ0v) is 22.2. The summed E-state index contributed by atoms with van der Waals surface area (Å²) in [6.45, 7) is 14.7. The quantitative estimate of drug-likeness (QED) is 0.424. The van der Waals surface area contributed by atoms with Crippen molar-refractivity contribution in [3.05, 3.63) is 66.7 Å². The van der Waals surface area contributed by atoms with E-state index in [-0.39, 0.29) is 35.5 Å². The summed E-state index contributed by atoms with van der Waals surface area (Å²) >= 11 is 0. The van der Waals surface area contributed by atoms with Gasteiger partial charge in [0.1, 0.15) is 11.5 Å². The Balaban J connectivity index is 2.13. The number of amides is 1. The second-order valence-electron chi connectivity index (χ2n) is 9.56. The smallest absolute Gasteiger partial charge is 0.289 e. The van der Waals surface area contributed by atoms with Gasteiger partial charge in [0.2, 0.25) is 5.82 Å². The summed E-state index contributed by atoms with van der Waals surface area (Å²) in [6, 6.07) is 11.3. The van der Waals surface area contributed by atoms with Crippen LogP contribution in [-0.4, -0.2) is 56.9 Å². The van der Waals surface area contributed by atoms with Crippen molar-refractivity contribution in [2.75, 3.05) is 14.2 Å². The van der Waals surface area contributed by atoms with Gasteiger partial charge in [-0.05, 0) is 69.5 Å². The van der Waals surface area contributed by atoms with Crippen LogP contribution in [0.1, 0.15) is 62.3 Å². The largest absolute Gasteiger partial charge is 0.507 e. The van der Waals surface area contributed by atoms with E-state index in [2.05, 4.69) is 27.3 Å². The molecule has 1 aromatic heterocycles. The molecular formula is C28H37N5O3. The van der Waals surface area contributed by atoms with E-state index >= 15 is 0 Å². The summed E-state index contributed by atoms with van der Waals surface area (Å²) < 4.78 is 7.15. The van der Waals surface area contributed by atoms with Gasteiger partial charge in [0.05, 0.1) is 12.7 Å². The van der Waals surface area contributed by atoms with Crippen molar-refractivity contribution in [3.63, 3.8) is 0 Å². The monoisotopic (exact) mass is 491 g/mol. The standard InChI is InChI=1S/C28H37N5O3/c1-9-19(6)32(7)16-20-10-12-21(13-11-20)33-26(30-31-27(33)28(35)29-18(4)5)23-14-22(17(2)3)25(36-8)15-24(23)34/h9-15,17-19,34H,6,16H2,1-5,7-8H3,(H,29,35). The Morgan fingerprint density at radius 1 is 1.19 bits per heavy atom. The first-order valence-electron chi connectivity index (χ1n) is 12.2. The number of nitrogens with zero attached hydrogens (tertiary/aromatic N) is 4. The molecule has 8 heteroatoms. The summed E-state index contributed by atoms with van der Waals surface area (Å²) in [7, 11) is 3.60. The minimum absolute atomic E-state index is 0.00346. The predicted molar refractivity (Wildman–Crippen MR) is 142 cm³/mol. The Morgan fingerprint density at radius 3 is 2.42 bits per heavy atom. The lowest BCUT2D eigenvalue weighted by atomic mass is 9.98. The summed E-state index contributed by atoms with van der Waals surface area (Å²) in [6.07, 6.45) is 2.05. The topological polar surface area (TPSA) is 92.5 Å². The number of aromatic nitrogens is 3. The molecule has 0 aliphatic carbocycles. The van der Waals surface area contributed by atoms with Gasteiger partial charge in [-0.25, -0.2) is 0 Å². The Labute approximate surface area is 214 Å². The maximum atomic E-state index is 13.0. The van der Waals surface area contributed by atoms with E-state index in [1.54, 1.807) is 17.7 Å². The first kappa shape index (κ1) is 27.2. The van der Waals surface area contributed by atoms with Crippen LogP contribution in [0.2, 0.25) is 0 Å². The molecule has 3 rings (SSSR count). The molecule has 1 atom stereocenters. The molecule has 2 N–H and O–H groups in total. The van der Waals surface area contributed by atoms with Gasteiger partial charge >= 0.3 is 0 Å². The number of carbonyl (C=O) groups excluding carboxylic acids is 1. The molecule has 0 bridgehead atoms. The minimum Gasteiger partial charge on any atom is -0.507 e. The lowest BCUT2D eigenvalue weighted by Gasteiger charge is -2.23. The van der Waals surface area contributed by atoms with Crippen LogP contribution in [0.3, 0.4) is 0 Å². The van der Waals surface area contributed by atoms with Crippen LogP contribution in [0.15, 0.2) is 36.4 Å². The molecular weight excluding hydrogens is 454 g/mol. The first-order valence-corrected chi connectivity index (χ1v) is 12.2. The van der Waals surface area contributed by atoms with Crippen molar-refractivity contribution >= 4 is 5.91 Å². The van der Waals surface area contributed by atoms with Gasteiger partial charge < -0.3 is 15.2 Å². The summed E-state index contributed by atoms with van der Waals surface area (Å²) in [5, 5.41) is 22.3. The van der Waals surface area contributed by atoms with Gasteiger partial charge in [-0.2, -0.15) is 0 Å². The molecule has 1 heterocycles. The molecule has 0 fully saturated rings.